The second kappa shape index (κ2) is 6.74. The van der Waals surface area contributed by atoms with E-state index in [0.717, 1.165) is 5.56 Å². The monoisotopic (exact) mass is 463 g/mol. The summed E-state index contributed by atoms with van der Waals surface area (Å²) in [4.78, 5) is 22.0. The zero-order valence-electron chi connectivity index (χ0n) is 14.2. The maximum absolute atomic E-state index is 12.9. The summed E-state index contributed by atoms with van der Waals surface area (Å²) in [5, 5.41) is 5.81. The SMILES string of the molecule is Cc1cc(Cl)cc2c(=O)n(C)c(-c3cc(Br)nn3-c3ncccc3Cl)nc12. The molecule has 6 nitrogen and oxygen atoms in total. The van der Waals surface area contributed by atoms with Gasteiger partial charge >= 0.3 is 0 Å². The normalized spacial score (nSPS) is 11.3. The molecule has 9 heteroatoms. The summed E-state index contributed by atoms with van der Waals surface area (Å²) >= 11 is 15.8. The van der Waals surface area contributed by atoms with E-state index < -0.39 is 0 Å². The quantitative estimate of drug-likeness (QED) is 0.436. The number of hydrogen-bond acceptors (Lipinski definition) is 4. The molecule has 0 spiro atoms. The summed E-state index contributed by atoms with van der Waals surface area (Å²) in [6, 6.07) is 8.64. The van der Waals surface area contributed by atoms with Gasteiger partial charge in [0.2, 0.25) is 0 Å². The third kappa shape index (κ3) is 3.05. The first kappa shape index (κ1) is 18.2. The Morgan fingerprint density at radius 2 is 1.96 bits per heavy atom. The summed E-state index contributed by atoms with van der Waals surface area (Å²) in [5.74, 6) is 0.889. The summed E-state index contributed by atoms with van der Waals surface area (Å²) in [5.41, 5.74) is 1.79. The Balaban J connectivity index is 2.06. The van der Waals surface area contributed by atoms with Crippen molar-refractivity contribution in [3.8, 4) is 17.3 Å². The van der Waals surface area contributed by atoms with Gasteiger partial charge in [-0.3, -0.25) is 9.36 Å². The van der Waals surface area contributed by atoms with Crippen molar-refractivity contribution in [1.29, 1.82) is 0 Å². The summed E-state index contributed by atoms with van der Waals surface area (Å²) in [6.07, 6.45) is 1.62. The molecular weight excluding hydrogens is 453 g/mol. The van der Waals surface area contributed by atoms with Gasteiger partial charge in [0, 0.05) is 24.3 Å². The molecule has 3 aromatic heterocycles. The lowest BCUT2D eigenvalue weighted by Gasteiger charge is -2.12. The lowest BCUT2D eigenvalue weighted by molar-refractivity contribution is 0.803. The minimum Gasteiger partial charge on any atom is -0.294 e. The highest BCUT2D eigenvalue weighted by molar-refractivity contribution is 9.10. The molecule has 0 unspecified atom stereocenters. The zero-order chi connectivity index (χ0) is 19.3. The van der Waals surface area contributed by atoms with E-state index in [1.165, 1.54) is 4.57 Å². The first-order valence-electron chi connectivity index (χ1n) is 7.90. The van der Waals surface area contributed by atoms with Crippen LogP contribution in [-0.4, -0.2) is 24.3 Å². The van der Waals surface area contributed by atoms with Gasteiger partial charge in [-0.1, -0.05) is 23.2 Å². The molecule has 0 aliphatic rings. The predicted molar refractivity (Wildman–Crippen MR) is 110 cm³/mol. The van der Waals surface area contributed by atoms with Crippen LogP contribution in [0.15, 0.2) is 45.9 Å². The second-order valence-corrected chi connectivity index (χ2v) is 7.65. The molecule has 1 aromatic carbocycles. The van der Waals surface area contributed by atoms with Gasteiger partial charge in [0.15, 0.2) is 11.6 Å². The molecule has 3 heterocycles. The van der Waals surface area contributed by atoms with Crippen molar-refractivity contribution in [2.24, 2.45) is 7.05 Å². The van der Waals surface area contributed by atoms with Crippen molar-refractivity contribution in [2.75, 3.05) is 0 Å². The zero-order valence-corrected chi connectivity index (χ0v) is 17.3. The van der Waals surface area contributed by atoms with Gasteiger partial charge in [-0.15, -0.1) is 0 Å². The fourth-order valence-corrected chi connectivity index (χ4v) is 3.79. The van der Waals surface area contributed by atoms with E-state index in [1.807, 2.05) is 6.92 Å². The van der Waals surface area contributed by atoms with E-state index in [9.17, 15) is 4.79 Å². The minimum absolute atomic E-state index is 0.198. The van der Waals surface area contributed by atoms with E-state index in [-0.39, 0.29) is 5.56 Å². The lowest BCUT2D eigenvalue weighted by Crippen LogP contribution is -2.21. The van der Waals surface area contributed by atoms with Crippen molar-refractivity contribution >= 4 is 50.0 Å². The number of nitrogens with zero attached hydrogens (tertiary/aromatic N) is 5. The number of benzene rings is 1. The van der Waals surface area contributed by atoms with Crippen molar-refractivity contribution in [3.05, 3.63) is 67.1 Å². The molecule has 0 radical (unpaired) electrons. The van der Waals surface area contributed by atoms with Crippen LogP contribution in [0.4, 0.5) is 0 Å². The average Bonchev–Trinajstić information content (AvgIpc) is 3.00. The van der Waals surface area contributed by atoms with Gasteiger partial charge in [-0.05, 0) is 52.7 Å². The van der Waals surface area contributed by atoms with Gasteiger partial charge in [0.25, 0.3) is 5.56 Å². The highest BCUT2D eigenvalue weighted by Gasteiger charge is 2.19. The van der Waals surface area contributed by atoms with Gasteiger partial charge in [-0.2, -0.15) is 5.10 Å². The second-order valence-electron chi connectivity index (χ2n) is 5.99. The highest BCUT2D eigenvalue weighted by atomic mass is 79.9. The lowest BCUT2D eigenvalue weighted by atomic mass is 10.1. The number of fused-ring (bicyclic) bond motifs is 1. The molecule has 0 bridgehead atoms. The van der Waals surface area contributed by atoms with Crippen molar-refractivity contribution in [3.63, 3.8) is 0 Å². The van der Waals surface area contributed by atoms with E-state index >= 15 is 0 Å². The van der Waals surface area contributed by atoms with Crippen LogP contribution in [0.25, 0.3) is 28.2 Å². The molecule has 0 aliphatic heterocycles. The van der Waals surface area contributed by atoms with E-state index in [2.05, 4.69) is 26.0 Å². The van der Waals surface area contributed by atoms with Gasteiger partial charge < -0.3 is 0 Å². The predicted octanol–water partition coefficient (Wildman–Crippen LogP) is 4.56. The minimum atomic E-state index is -0.198. The Morgan fingerprint density at radius 3 is 2.70 bits per heavy atom. The third-order valence-corrected chi connectivity index (χ3v) is 5.08. The summed E-state index contributed by atoms with van der Waals surface area (Å²) in [7, 11) is 1.66. The molecule has 0 atom stereocenters. The van der Waals surface area contributed by atoms with E-state index in [0.29, 0.717) is 42.9 Å². The smallest absolute Gasteiger partial charge is 0.261 e. The molecule has 136 valence electrons. The molecule has 0 amide bonds. The Morgan fingerprint density at radius 1 is 1.19 bits per heavy atom. The van der Waals surface area contributed by atoms with Crippen molar-refractivity contribution < 1.29 is 0 Å². The van der Waals surface area contributed by atoms with Crippen LogP contribution >= 0.6 is 39.1 Å². The molecule has 0 saturated heterocycles. The fraction of sp³-hybridized carbons (Fsp3) is 0.111. The number of pyridine rings is 1. The topological polar surface area (TPSA) is 65.6 Å². The third-order valence-electron chi connectivity index (χ3n) is 4.18. The van der Waals surface area contributed by atoms with Crippen LogP contribution in [0.2, 0.25) is 10.0 Å². The van der Waals surface area contributed by atoms with Gasteiger partial charge in [0.05, 0.1) is 15.9 Å². The molecule has 0 aliphatic carbocycles. The van der Waals surface area contributed by atoms with E-state index in [4.69, 9.17) is 28.2 Å². The first-order valence-corrected chi connectivity index (χ1v) is 9.45. The Kier molecular flexibility index (Phi) is 4.53. The standard InChI is InChI=1S/C18H12BrCl2N5O/c1-9-6-10(20)7-11-15(9)23-17(25(2)18(11)27)13-8-14(19)24-26(13)16-12(21)4-3-5-22-16/h3-8H,1-2H3. The van der Waals surface area contributed by atoms with Crippen molar-refractivity contribution in [2.45, 2.75) is 6.92 Å². The fourth-order valence-electron chi connectivity index (χ4n) is 2.94. The van der Waals surface area contributed by atoms with Crippen LogP contribution in [0, 0.1) is 6.92 Å². The Bertz CT molecular complexity index is 1260. The molecule has 4 rings (SSSR count). The maximum Gasteiger partial charge on any atom is 0.261 e. The Hall–Kier alpha value is -2.22. The largest absolute Gasteiger partial charge is 0.294 e. The number of aromatic nitrogens is 5. The van der Waals surface area contributed by atoms with E-state index in [1.54, 1.807) is 48.3 Å². The Labute approximate surface area is 172 Å². The van der Waals surface area contributed by atoms with Gasteiger partial charge in [0.1, 0.15) is 10.3 Å². The maximum atomic E-state index is 12.9. The highest BCUT2D eigenvalue weighted by Crippen LogP contribution is 2.28. The molecule has 27 heavy (non-hydrogen) atoms. The summed E-state index contributed by atoms with van der Waals surface area (Å²) < 4.78 is 3.60. The molecule has 0 N–H and O–H groups in total. The van der Waals surface area contributed by atoms with Crippen LogP contribution < -0.4 is 5.56 Å². The van der Waals surface area contributed by atoms with Crippen molar-refractivity contribution in [1.82, 2.24) is 24.3 Å². The van der Waals surface area contributed by atoms with Crippen LogP contribution in [0.3, 0.4) is 0 Å². The molecule has 0 fully saturated rings. The van der Waals surface area contributed by atoms with Crippen LogP contribution in [0.1, 0.15) is 5.56 Å². The first-order chi connectivity index (χ1) is 12.9. The average molecular weight is 465 g/mol. The van der Waals surface area contributed by atoms with Crippen LogP contribution in [0.5, 0.6) is 0 Å². The number of rotatable bonds is 2. The molecule has 0 saturated carbocycles. The number of aryl methyl sites for hydroxylation is 1. The van der Waals surface area contributed by atoms with Gasteiger partial charge in [-0.25, -0.2) is 14.6 Å². The number of halogens is 3. The summed E-state index contributed by atoms with van der Waals surface area (Å²) in [6.45, 7) is 1.87. The number of hydrogen-bond donors (Lipinski definition) is 0. The molecular formula is C18H12BrCl2N5O. The molecule has 4 aromatic rings. The van der Waals surface area contributed by atoms with Crippen LogP contribution in [-0.2, 0) is 7.05 Å².